The number of pyridine rings is 1. The third-order valence-electron chi connectivity index (χ3n) is 5.56. The van der Waals surface area contributed by atoms with Gasteiger partial charge in [-0.2, -0.15) is 0 Å². The zero-order valence-electron chi connectivity index (χ0n) is 18.9. The van der Waals surface area contributed by atoms with E-state index in [0.29, 0.717) is 41.4 Å². The van der Waals surface area contributed by atoms with Crippen molar-refractivity contribution in [1.82, 2.24) is 4.98 Å². The van der Waals surface area contributed by atoms with Crippen molar-refractivity contribution in [3.8, 4) is 17.2 Å². The largest absolute Gasteiger partial charge is 0.507 e. The highest BCUT2D eigenvalue weighted by molar-refractivity contribution is 5.87. The van der Waals surface area contributed by atoms with Gasteiger partial charge in [-0.3, -0.25) is 9.59 Å². The lowest BCUT2D eigenvalue weighted by Crippen LogP contribution is -2.05. The van der Waals surface area contributed by atoms with E-state index in [4.69, 9.17) is 13.9 Å². The zero-order valence-corrected chi connectivity index (χ0v) is 18.9. The van der Waals surface area contributed by atoms with Gasteiger partial charge in [-0.05, 0) is 44.4 Å². The number of para-hydroxylation sites is 1. The Morgan fingerprint density at radius 1 is 1.09 bits per heavy atom. The molecule has 0 aliphatic carbocycles. The van der Waals surface area contributed by atoms with E-state index in [1.165, 1.54) is 6.07 Å². The average molecular weight is 447 g/mol. The van der Waals surface area contributed by atoms with Crippen LogP contribution in [0.2, 0.25) is 0 Å². The molecule has 2 aromatic carbocycles. The molecule has 0 spiro atoms. The number of hydrogen-bond donors (Lipinski definition) is 2. The highest BCUT2D eigenvalue weighted by Crippen LogP contribution is 2.37. The molecule has 1 aliphatic rings. The van der Waals surface area contributed by atoms with Crippen LogP contribution in [0.25, 0.3) is 21.9 Å². The molecule has 5 rings (SSSR count). The first kappa shape index (κ1) is 22.2. The van der Waals surface area contributed by atoms with Crippen LogP contribution in [0.15, 0.2) is 62.1 Å². The molecule has 1 aliphatic heterocycles. The lowest BCUT2D eigenvalue weighted by Gasteiger charge is -2.11. The summed E-state index contributed by atoms with van der Waals surface area (Å²) in [6.45, 7) is 6.07. The van der Waals surface area contributed by atoms with Gasteiger partial charge in [-0.15, -0.1) is 0 Å². The summed E-state index contributed by atoms with van der Waals surface area (Å²) in [6, 6.07) is 10.4. The molecule has 0 amide bonds. The van der Waals surface area contributed by atoms with Crippen LogP contribution in [0.1, 0.15) is 23.8 Å². The van der Waals surface area contributed by atoms with Gasteiger partial charge >= 0.3 is 0 Å². The Balaban J connectivity index is 0.000000165. The van der Waals surface area contributed by atoms with Crippen molar-refractivity contribution < 1.29 is 19.0 Å². The molecule has 7 heteroatoms. The SMILES string of the molecule is CC1=CCc2c(cc3oc(C)cc(=O)c3c2O)OC1.COc1cccc2c(C)cc(=O)[nH]c12. The van der Waals surface area contributed by atoms with Crippen LogP contribution in [-0.2, 0) is 6.42 Å². The molecule has 33 heavy (non-hydrogen) atoms. The topological polar surface area (TPSA) is 102 Å². The minimum atomic E-state index is -0.232. The first-order chi connectivity index (χ1) is 15.8. The predicted octanol–water partition coefficient (Wildman–Crippen LogP) is 4.53. The standard InChI is InChI=1S/C15H14O4.C11H11NO2/c1-8-3-4-10-12(18-7-8)6-13-14(15(10)17)11(16)5-9(2)19-13;1-7-6-10(13)12-11-8(7)4-3-5-9(11)14-2/h3,5-6,17H,4,7H2,1-2H3;3-6H,1-2H3,(H,12,13). The summed E-state index contributed by atoms with van der Waals surface area (Å²) in [7, 11) is 1.59. The summed E-state index contributed by atoms with van der Waals surface area (Å²) in [6.07, 6.45) is 2.55. The number of phenols is 1. The van der Waals surface area contributed by atoms with Crippen molar-refractivity contribution in [3.63, 3.8) is 0 Å². The molecule has 0 saturated carbocycles. The Bertz CT molecular complexity index is 1510. The zero-order chi connectivity index (χ0) is 23.7. The summed E-state index contributed by atoms with van der Waals surface area (Å²) < 4.78 is 16.3. The number of nitrogens with one attached hydrogen (secondary N) is 1. The molecule has 0 atom stereocenters. The molecule has 0 radical (unpaired) electrons. The summed E-state index contributed by atoms with van der Waals surface area (Å²) in [5.41, 5.74) is 3.49. The van der Waals surface area contributed by atoms with Gasteiger partial charge in [0.1, 0.15) is 40.6 Å². The van der Waals surface area contributed by atoms with Crippen LogP contribution in [0.3, 0.4) is 0 Å². The molecule has 4 aromatic rings. The van der Waals surface area contributed by atoms with Crippen molar-refractivity contribution >= 4 is 21.9 Å². The Labute approximate surface area is 189 Å². The molecule has 3 heterocycles. The maximum atomic E-state index is 12.0. The first-order valence-electron chi connectivity index (χ1n) is 10.5. The first-order valence-corrected chi connectivity index (χ1v) is 10.5. The van der Waals surface area contributed by atoms with E-state index in [2.05, 4.69) is 4.98 Å². The fourth-order valence-corrected chi connectivity index (χ4v) is 3.89. The van der Waals surface area contributed by atoms with Crippen molar-refractivity contribution in [1.29, 1.82) is 0 Å². The van der Waals surface area contributed by atoms with Gasteiger partial charge in [0.15, 0.2) is 5.43 Å². The molecule has 0 fully saturated rings. The van der Waals surface area contributed by atoms with Crippen LogP contribution in [0.4, 0.5) is 0 Å². The summed E-state index contributed by atoms with van der Waals surface area (Å²) >= 11 is 0. The van der Waals surface area contributed by atoms with E-state index in [9.17, 15) is 14.7 Å². The van der Waals surface area contributed by atoms with Crippen molar-refractivity contribution in [3.05, 3.63) is 85.5 Å². The summed E-state index contributed by atoms with van der Waals surface area (Å²) in [5, 5.41) is 11.5. The third-order valence-corrected chi connectivity index (χ3v) is 5.56. The second kappa shape index (κ2) is 8.86. The van der Waals surface area contributed by atoms with Crippen molar-refractivity contribution in [2.45, 2.75) is 27.2 Å². The van der Waals surface area contributed by atoms with Gasteiger partial charge in [0, 0.05) is 29.1 Å². The normalized spacial score (nSPS) is 12.8. The second-order valence-electron chi connectivity index (χ2n) is 8.04. The number of rotatable bonds is 1. The molecule has 170 valence electrons. The number of H-pyrrole nitrogens is 1. The molecular formula is C26H25NO6. The van der Waals surface area contributed by atoms with Crippen LogP contribution < -0.4 is 20.5 Å². The highest BCUT2D eigenvalue weighted by Gasteiger charge is 2.19. The molecule has 0 bridgehead atoms. The smallest absolute Gasteiger partial charge is 0.248 e. The maximum absolute atomic E-state index is 12.0. The Morgan fingerprint density at radius 3 is 2.64 bits per heavy atom. The van der Waals surface area contributed by atoms with Crippen LogP contribution in [0.5, 0.6) is 17.2 Å². The Morgan fingerprint density at radius 2 is 1.88 bits per heavy atom. The number of allylic oxidation sites excluding steroid dienone is 1. The van der Waals surface area contributed by atoms with E-state index in [0.717, 1.165) is 22.0 Å². The van der Waals surface area contributed by atoms with Crippen LogP contribution in [-0.4, -0.2) is 23.8 Å². The highest BCUT2D eigenvalue weighted by atomic mass is 16.5. The summed E-state index contributed by atoms with van der Waals surface area (Å²) in [5.74, 6) is 1.75. The lowest BCUT2D eigenvalue weighted by atomic mass is 10.0. The second-order valence-corrected chi connectivity index (χ2v) is 8.04. The molecular weight excluding hydrogens is 422 g/mol. The van der Waals surface area contributed by atoms with Crippen LogP contribution >= 0.6 is 0 Å². The summed E-state index contributed by atoms with van der Waals surface area (Å²) in [4.78, 5) is 26.0. The third kappa shape index (κ3) is 4.35. The maximum Gasteiger partial charge on any atom is 0.248 e. The van der Waals surface area contributed by atoms with Gasteiger partial charge in [0.25, 0.3) is 0 Å². The number of aromatic hydroxyl groups is 1. The minimum Gasteiger partial charge on any atom is -0.507 e. The quantitative estimate of drug-likeness (QED) is 0.416. The minimum absolute atomic E-state index is 0.0350. The van der Waals surface area contributed by atoms with Crippen LogP contribution in [0, 0.1) is 13.8 Å². The number of aromatic amines is 1. The number of benzene rings is 2. The van der Waals surface area contributed by atoms with Crippen molar-refractivity contribution in [2.24, 2.45) is 0 Å². The molecule has 2 N–H and O–H groups in total. The van der Waals surface area contributed by atoms with Gasteiger partial charge in [0.2, 0.25) is 5.56 Å². The van der Waals surface area contributed by atoms with Crippen molar-refractivity contribution in [2.75, 3.05) is 13.7 Å². The number of ether oxygens (including phenoxy) is 2. The van der Waals surface area contributed by atoms with E-state index in [1.807, 2.05) is 38.1 Å². The van der Waals surface area contributed by atoms with E-state index in [-0.39, 0.29) is 22.1 Å². The van der Waals surface area contributed by atoms with Gasteiger partial charge in [0.05, 0.1) is 12.6 Å². The van der Waals surface area contributed by atoms with E-state index < -0.39 is 0 Å². The molecule has 0 unspecified atom stereocenters. The van der Waals surface area contributed by atoms with E-state index >= 15 is 0 Å². The predicted molar refractivity (Wildman–Crippen MR) is 128 cm³/mol. The average Bonchev–Trinajstić information content (AvgIpc) is 2.95. The number of aryl methyl sites for hydroxylation is 2. The fourth-order valence-electron chi connectivity index (χ4n) is 3.89. The number of methoxy groups -OCH3 is 1. The van der Waals surface area contributed by atoms with E-state index in [1.54, 1.807) is 26.2 Å². The Kier molecular flexibility index (Phi) is 5.96. The van der Waals surface area contributed by atoms with Gasteiger partial charge in [-0.25, -0.2) is 0 Å². The molecule has 0 saturated heterocycles. The Hall–Kier alpha value is -4.00. The van der Waals surface area contributed by atoms with Gasteiger partial charge < -0.3 is 24.0 Å². The number of fused-ring (bicyclic) bond motifs is 3. The van der Waals surface area contributed by atoms with Gasteiger partial charge in [-0.1, -0.05) is 18.2 Å². The molecule has 7 nitrogen and oxygen atoms in total. The number of phenolic OH excluding ortho intramolecular Hbond substituents is 1. The number of hydrogen-bond acceptors (Lipinski definition) is 6. The fraction of sp³-hybridized carbons (Fsp3) is 0.231. The lowest BCUT2D eigenvalue weighted by molar-refractivity contribution is 0.349. The monoisotopic (exact) mass is 447 g/mol. The number of aromatic nitrogens is 1. The molecule has 2 aromatic heterocycles.